The molecule has 0 unspecified atom stereocenters. The smallest absolute Gasteiger partial charge is 0.212 e. The number of guanidine groups is 1. The summed E-state index contributed by atoms with van der Waals surface area (Å²) in [7, 11) is 0. The zero-order valence-electron chi connectivity index (χ0n) is 10.8. The van der Waals surface area contributed by atoms with E-state index in [0.717, 1.165) is 16.4 Å². The molecule has 0 bridgehead atoms. The van der Waals surface area contributed by atoms with Gasteiger partial charge >= 0.3 is 0 Å². The number of anilines is 1. The van der Waals surface area contributed by atoms with E-state index in [2.05, 4.69) is 20.3 Å². The Morgan fingerprint density at radius 1 is 1.42 bits per heavy atom. The zero-order chi connectivity index (χ0) is 13.8. The molecule has 2 aromatic rings. The summed E-state index contributed by atoms with van der Waals surface area (Å²) in [5, 5.41) is 3.83. The van der Waals surface area contributed by atoms with E-state index in [0.29, 0.717) is 11.7 Å². The van der Waals surface area contributed by atoms with E-state index >= 15 is 0 Å². The fourth-order valence-electron chi connectivity index (χ4n) is 1.54. The molecule has 0 atom stereocenters. The molecule has 2 aromatic heterocycles. The van der Waals surface area contributed by atoms with Gasteiger partial charge in [0.2, 0.25) is 5.13 Å². The number of rotatable bonds is 4. The Labute approximate surface area is 115 Å². The SMILES string of the molecule is Cc1ccnc(NCc2sc(N=C(N)N)nc2C)c1. The van der Waals surface area contributed by atoms with Crippen LogP contribution in [0.15, 0.2) is 23.3 Å². The number of pyridine rings is 1. The minimum absolute atomic E-state index is 0.0219. The normalized spacial score (nSPS) is 10.2. The lowest BCUT2D eigenvalue weighted by Crippen LogP contribution is -2.21. The molecule has 5 N–H and O–H groups in total. The van der Waals surface area contributed by atoms with Crippen LogP contribution >= 0.6 is 11.3 Å². The van der Waals surface area contributed by atoms with Crippen molar-refractivity contribution in [3.05, 3.63) is 34.5 Å². The summed E-state index contributed by atoms with van der Waals surface area (Å²) in [6, 6.07) is 3.95. The molecule has 6 nitrogen and oxygen atoms in total. The number of nitrogens with two attached hydrogens (primary N) is 2. The minimum atomic E-state index is 0.0219. The van der Waals surface area contributed by atoms with E-state index in [1.54, 1.807) is 6.20 Å². The Bertz CT molecular complexity index is 600. The average molecular weight is 276 g/mol. The van der Waals surface area contributed by atoms with E-state index in [4.69, 9.17) is 11.5 Å². The molecule has 19 heavy (non-hydrogen) atoms. The summed E-state index contributed by atoms with van der Waals surface area (Å²) >= 11 is 1.46. The van der Waals surface area contributed by atoms with Gasteiger partial charge in [-0.1, -0.05) is 11.3 Å². The van der Waals surface area contributed by atoms with Crippen molar-refractivity contribution < 1.29 is 0 Å². The number of nitrogens with one attached hydrogen (secondary N) is 1. The van der Waals surface area contributed by atoms with Gasteiger partial charge in [-0.25, -0.2) is 9.97 Å². The van der Waals surface area contributed by atoms with Crippen LogP contribution in [-0.2, 0) is 6.54 Å². The molecule has 0 saturated carbocycles. The van der Waals surface area contributed by atoms with Crippen LogP contribution in [-0.4, -0.2) is 15.9 Å². The number of aryl methyl sites for hydroxylation is 2. The number of hydrogen-bond donors (Lipinski definition) is 3. The van der Waals surface area contributed by atoms with Crippen LogP contribution in [0.5, 0.6) is 0 Å². The first kappa shape index (κ1) is 13.3. The van der Waals surface area contributed by atoms with Crippen molar-refractivity contribution >= 4 is 28.2 Å². The molecular weight excluding hydrogens is 260 g/mol. The predicted molar refractivity (Wildman–Crippen MR) is 78.6 cm³/mol. The Balaban J connectivity index is 2.07. The van der Waals surface area contributed by atoms with Gasteiger partial charge in [-0.15, -0.1) is 0 Å². The third-order valence-corrected chi connectivity index (χ3v) is 3.50. The molecule has 0 fully saturated rings. The van der Waals surface area contributed by atoms with Gasteiger partial charge in [0, 0.05) is 11.1 Å². The van der Waals surface area contributed by atoms with E-state index in [1.165, 1.54) is 16.9 Å². The molecule has 100 valence electrons. The van der Waals surface area contributed by atoms with Gasteiger partial charge in [0.1, 0.15) is 5.82 Å². The molecule has 0 radical (unpaired) electrons. The second-order valence-electron chi connectivity index (χ2n) is 4.11. The number of nitrogens with zero attached hydrogens (tertiary/aromatic N) is 3. The Morgan fingerprint density at radius 3 is 2.89 bits per heavy atom. The molecule has 7 heteroatoms. The lowest BCUT2D eigenvalue weighted by Gasteiger charge is -2.04. The molecule has 0 aliphatic heterocycles. The third-order valence-electron chi connectivity index (χ3n) is 2.45. The average Bonchev–Trinajstić information content (AvgIpc) is 2.66. The van der Waals surface area contributed by atoms with Gasteiger partial charge in [0.25, 0.3) is 0 Å². The first-order valence-corrected chi connectivity index (χ1v) is 6.58. The van der Waals surface area contributed by atoms with E-state index < -0.39 is 0 Å². The predicted octanol–water partition coefficient (Wildman–Crippen LogP) is 1.67. The fourth-order valence-corrected chi connectivity index (χ4v) is 2.43. The lowest BCUT2D eigenvalue weighted by molar-refractivity contribution is 1.09. The lowest BCUT2D eigenvalue weighted by atomic mass is 10.3. The number of aliphatic imine (C=N–C) groups is 1. The second-order valence-corrected chi connectivity index (χ2v) is 5.18. The van der Waals surface area contributed by atoms with E-state index in [-0.39, 0.29) is 5.96 Å². The highest BCUT2D eigenvalue weighted by atomic mass is 32.1. The quantitative estimate of drug-likeness (QED) is 0.582. The molecule has 0 aliphatic carbocycles. The summed E-state index contributed by atoms with van der Waals surface area (Å²) in [5.74, 6) is 0.866. The number of hydrogen-bond acceptors (Lipinski definition) is 5. The largest absolute Gasteiger partial charge is 0.370 e. The number of aromatic nitrogens is 2. The first-order chi connectivity index (χ1) is 9.04. The van der Waals surface area contributed by atoms with Gasteiger partial charge in [-0.3, -0.25) is 0 Å². The maximum Gasteiger partial charge on any atom is 0.212 e. The monoisotopic (exact) mass is 276 g/mol. The summed E-state index contributed by atoms with van der Waals surface area (Å²) in [6.45, 7) is 4.62. The summed E-state index contributed by atoms with van der Waals surface area (Å²) in [4.78, 5) is 13.6. The molecule has 2 rings (SSSR count). The van der Waals surface area contributed by atoms with Gasteiger partial charge in [-0.2, -0.15) is 4.99 Å². The van der Waals surface area contributed by atoms with Crippen molar-refractivity contribution in [3.63, 3.8) is 0 Å². The van der Waals surface area contributed by atoms with Crippen LogP contribution in [0.2, 0.25) is 0 Å². The summed E-state index contributed by atoms with van der Waals surface area (Å²) < 4.78 is 0. The standard InChI is InChI=1S/C12H16N6S/c1-7-3-4-15-10(5-7)16-6-9-8(2)17-12(19-9)18-11(13)14/h3-5H,6H2,1-2H3,(H,15,16)(H4,13,14,17,18). The maximum absolute atomic E-state index is 5.33. The van der Waals surface area contributed by atoms with Gasteiger partial charge in [0.15, 0.2) is 5.96 Å². The van der Waals surface area contributed by atoms with Crippen LogP contribution < -0.4 is 16.8 Å². The van der Waals surface area contributed by atoms with Gasteiger partial charge in [-0.05, 0) is 31.5 Å². The molecule has 0 saturated heterocycles. The van der Waals surface area contributed by atoms with Crippen molar-refractivity contribution in [2.24, 2.45) is 16.5 Å². The van der Waals surface area contributed by atoms with Crippen LogP contribution in [0.4, 0.5) is 10.9 Å². The Kier molecular flexibility index (Phi) is 3.96. The van der Waals surface area contributed by atoms with Crippen LogP contribution in [0.1, 0.15) is 16.1 Å². The topological polar surface area (TPSA) is 102 Å². The second kappa shape index (κ2) is 5.66. The van der Waals surface area contributed by atoms with Crippen molar-refractivity contribution in [1.29, 1.82) is 0 Å². The number of thiazole rings is 1. The van der Waals surface area contributed by atoms with Crippen molar-refractivity contribution in [2.75, 3.05) is 5.32 Å². The molecule has 0 aromatic carbocycles. The molecule has 0 amide bonds. The first-order valence-electron chi connectivity index (χ1n) is 5.77. The highest BCUT2D eigenvalue weighted by Crippen LogP contribution is 2.25. The van der Waals surface area contributed by atoms with Crippen molar-refractivity contribution in [1.82, 2.24) is 9.97 Å². The van der Waals surface area contributed by atoms with E-state index in [1.807, 2.05) is 26.0 Å². The highest BCUT2D eigenvalue weighted by molar-refractivity contribution is 7.15. The highest BCUT2D eigenvalue weighted by Gasteiger charge is 2.07. The summed E-state index contributed by atoms with van der Waals surface area (Å²) in [5.41, 5.74) is 12.8. The molecular formula is C12H16N6S. The Morgan fingerprint density at radius 2 is 2.21 bits per heavy atom. The molecule has 0 spiro atoms. The van der Waals surface area contributed by atoms with Crippen LogP contribution in [0, 0.1) is 13.8 Å². The van der Waals surface area contributed by atoms with Crippen molar-refractivity contribution in [2.45, 2.75) is 20.4 Å². The third kappa shape index (κ3) is 3.65. The van der Waals surface area contributed by atoms with E-state index in [9.17, 15) is 0 Å². The fraction of sp³-hybridized carbons (Fsp3) is 0.250. The molecule has 0 aliphatic rings. The zero-order valence-corrected chi connectivity index (χ0v) is 11.7. The van der Waals surface area contributed by atoms with Crippen LogP contribution in [0.3, 0.4) is 0 Å². The summed E-state index contributed by atoms with van der Waals surface area (Å²) in [6.07, 6.45) is 1.78. The minimum Gasteiger partial charge on any atom is -0.370 e. The van der Waals surface area contributed by atoms with Crippen LogP contribution in [0.25, 0.3) is 0 Å². The maximum atomic E-state index is 5.33. The molecule has 2 heterocycles. The van der Waals surface area contributed by atoms with Gasteiger partial charge in [0.05, 0.1) is 12.2 Å². The van der Waals surface area contributed by atoms with Crippen molar-refractivity contribution in [3.8, 4) is 0 Å². The Hall–Kier alpha value is -2.15. The van der Waals surface area contributed by atoms with Gasteiger partial charge < -0.3 is 16.8 Å².